The Bertz CT molecular complexity index is 731. The first-order valence-corrected chi connectivity index (χ1v) is 10.3. The fourth-order valence-corrected chi connectivity index (χ4v) is 4.40. The lowest BCUT2D eigenvalue weighted by Gasteiger charge is -2.36. The van der Waals surface area contributed by atoms with E-state index in [1.165, 1.54) is 6.42 Å². The number of amides is 1. The second-order valence-corrected chi connectivity index (χ2v) is 7.82. The zero-order valence-corrected chi connectivity index (χ0v) is 16.4. The van der Waals surface area contributed by atoms with Crippen LogP contribution in [0.1, 0.15) is 54.4 Å². The van der Waals surface area contributed by atoms with Crippen molar-refractivity contribution in [2.45, 2.75) is 51.5 Å². The molecule has 1 aromatic heterocycles. The average molecular weight is 374 g/mol. The van der Waals surface area contributed by atoms with Gasteiger partial charge in [0, 0.05) is 43.9 Å². The number of likely N-dealkylation sites (tertiary alicyclic amines) is 1. The van der Waals surface area contributed by atoms with E-state index < -0.39 is 0 Å². The summed E-state index contributed by atoms with van der Waals surface area (Å²) in [6.45, 7) is 3.66. The van der Waals surface area contributed by atoms with Crippen LogP contribution in [0, 0.1) is 0 Å². The van der Waals surface area contributed by atoms with Gasteiger partial charge in [-0.25, -0.2) is 0 Å². The Morgan fingerprint density at radius 3 is 3.04 bits per heavy atom. The fraction of sp³-hybridized carbons (Fsp3) is 0.550. The minimum atomic E-state index is 0.117. The van der Waals surface area contributed by atoms with Crippen LogP contribution in [0.2, 0.25) is 0 Å². The zero-order chi connectivity index (χ0) is 18.4. The number of hydrogen-bond donors (Lipinski definition) is 0. The molecule has 0 unspecified atom stereocenters. The Morgan fingerprint density at radius 2 is 2.23 bits per heavy atom. The van der Waals surface area contributed by atoms with Crippen LogP contribution in [0.25, 0.3) is 10.6 Å². The van der Waals surface area contributed by atoms with Crippen molar-refractivity contribution in [3.8, 4) is 10.6 Å². The van der Waals surface area contributed by atoms with Crippen LogP contribution in [0.3, 0.4) is 0 Å². The number of nitrogens with zero attached hydrogens (tertiary/aromatic N) is 3. The number of aromatic nitrogens is 2. The Morgan fingerprint density at radius 1 is 1.35 bits per heavy atom. The lowest BCUT2D eigenvalue weighted by atomic mass is 9.98. The van der Waals surface area contributed by atoms with Gasteiger partial charge in [0.05, 0.1) is 0 Å². The topological polar surface area (TPSA) is 55.3 Å². The van der Waals surface area contributed by atoms with Crippen LogP contribution in [0.15, 0.2) is 24.3 Å². The number of piperidine rings is 1. The molecule has 1 aliphatic heterocycles. The van der Waals surface area contributed by atoms with Crippen LogP contribution in [-0.4, -0.2) is 47.3 Å². The Labute approximate surface area is 159 Å². The molecule has 2 heterocycles. The predicted molar refractivity (Wildman–Crippen MR) is 105 cm³/mol. The average Bonchev–Trinajstić information content (AvgIpc) is 3.15. The molecule has 6 heteroatoms. The van der Waals surface area contributed by atoms with E-state index in [-0.39, 0.29) is 11.9 Å². The van der Waals surface area contributed by atoms with Gasteiger partial charge in [-0.1, -0.05) is 30.4 Å². The first-order valence-electron chi connectivity index (χ1n) is 9.45. The number of carbonyl (C=O) groups excluding carboxylic acids is 1. The minimum Gasteiger partial charge on any atom is -0.385 e. The van der Waals surface area contributed by atoms with Crippen LogP contribution < -0.4 is 0 Å². The van der Waals surface area contributed by atoms with Gasteiger partial charge in [0.2, 0.25) is 0 Å². The van der Waals surface area contributed by atoms with Crippen molar-refractivity contribution in [2.24, 2.45) is 0 Å². The van der Waals surface area contributed by atoms with Crippen molar-refractivity contribution in [3.63, 3.8) is 0 Å². The summed E-state index contributed by atoms with van der Waals surface area (Å²) in [5.41, 5.74) is 1.71. The SMILES string of the molecule is CCCc1nnc(-c2cccc(C(=O)N3CCCC[C@H]3CCOC)c2)s1. The van der Waals surface area contributed by atoms with Gasteiger partial charge in [-0.15, -0.1) is 10.2 Å². The van der Waals surface area contributed by atoms with Gasteiger partial charge in [0.1, 0.15) is 10.0 Å². The molecule has 0 radical (unpaired) electrons. The van der Waals surface area contributed by atoms with Crippen molar-refractivity contribution in [1.29, 1.82) is 0 Å². The molecule has 0 aliphatic carbocycles. The van der Waals surface area contributed by atoms with Crippen molar-refractivity contribution >= 4 is 17.2 Å². The third-order valence-corrected chi connectivity index (χ3v) is 5.86. The highest BCUT2D eigenvalue weighted by atomic mass is 32.1. The monoisotopic (exact) mass is 373 g/mol. The molecule has 1 atom stereocenters. The molecule has 1 aliphatic rings. The van der Waals surface area contributed by atoms with Crippen molar-refractivity contribution < 1.29 is 9.53 Å². The summed E-state index contributed by atoms with van der Waals surface area (Å²) in [5.74, 6) is 0.117. The van der Waals surface area contributed by atoms with Crippen molar-refractivity contribution in [3.05, 3.63) is 34.8 Å². The maximum atomic E-state index is 13.1. The van der Waals surface area contributed by atoms with Gasteiger partial charge >= 0.3 is 0 Å². The molecule has 3 rings (SSSR count). The lowest BCUT2D eigenvalue weighted by Crippen LogP contribution is -2.44. The highest BCUT2D eigenvalue weighted by Gasteiger charge is 2.27. The van der Waals surface area contributed by atoms with E-state index in [9.17, 15) is 4.79 Å². The van der Waals surface area contributed by atoms with E-state index in [0.717, 1.165) is 59.8 Å². The molecule has 1 saturated heterocycles. The van der Waals surface area contributed by atoms with Gasteiger partial charge in [-0.3, -0.25) is 4.79 Å². The fourth-order valence-electron chi connectivity index (χ4n) is 3.46. The molecule has 2 aromatic rings. The third-order valence-electron chi connectivity index (χ3n) is 4.83. The molecule has 0 spiro atoms. The van der Waals surface area contributed by atoms with E-state index >= 15 is 0 Å². The van der Waals surface area contributed by atoms with E-state index in [4.69, 9.17) is 4.74 Å². The number of benzene rings is 1. The Kier molecular flexibility index (Phi) is 6.74. The standard InChI is InChI=1S/C20H27N3O2S/c1-3-7-18-21-22-19(26-18)15-8-6-9-16(14-15)20(24)23-12-5-4-10-17(23)11-13-25-2/h6,8-9,14,17H,3-5,7,10-13H2,1-2H3/t17-/m0/s1. The molecule has 0 bridgehead atoms. The number of ether oxygens (including phenoxy) is 1. The summed E-state index contributed by atoms with van der Waals surface area (Å²) >= 11 is 1.61. The van der Waals surface area contributed by atoms with Gasteiger partial charge < -0.3 is 9.64 Å². The van der Waals surface area contributed by atoms with E-state index in [2.05, 4.69) is 17.1 Å². The molecule has 5 nitrogen and oxygen atoms in total. The maximum Gasteiger partial charge on any atom is 0.254 e. The number of hydrogen-bond acceptors (Lipinski definition) is 5. The number of carbonyl (C=O) groups is 1. The van der Waals surface area contributed by atoms with Crippen LogP contribution in [0.4, 0.5) is 0 Å². The second kappa shape index (κ2) is 9.24. The molecule has 1 amide bonds. The van der Waals surface area contributed by atoms with Gasteiger partial charge in [-0.2, -0.15) is 0 Å². The molecule has 26 heavy (non-hydrogen) atoms. The van der Waals surface area contributed by atoms with E-state index in [0.29, 0.717) is 6.61 Å². The molecule has 0 N–H and O–H groups in total. The van der Waals surface area contributed by atoms with Crippen LogP contribution >= 0.6 is 11.3 Å². The summed E-state index contributed by atoms with van der Waals surface area (Å²) in [6, 6.07) is 8.09. The minimum absolute atomic E-state index is 0.117. The largest absolute Gasteiger partial charge is 0.385 e. The second-order valence-electron chi connectivity index (χ2n) is 6.76. The number of methoxy groups -OCH3 is 1. The zero-order valence-electron chi connectivity index (χ0n) is 15.6. The van der Waals surface area contributed by atoms with Gasteiger partial charge in [0.15, 0.2) is 0 Å². The molecular formula is C20H27N3O2S. The van der Waals surface area contributed by atoms with E-state index in [1.54, 1.807) is 18.4 Å². The first-order chi connectivity index (χ1) is 12.7. The maximum absolute atomic E-state index is 13.1. The molecule has 140 valence electrons. The smallest absolute Gasteiger partial charge is 0.254 e. The summed E-state index contributed by atoms with van der Waals surface area (Å²) in [4.78, 5) is 15.1. The van der Waals surface area contributed by atoms with Crippen LogP contribution in [0.5, 0.6) is 0 Å². The third kappa shape index (κ3) is 4.48. The summed E-state index contributed by atoms with van der Waals surface area (Å²) in [7, 11) is 1.72. The number of rotatable bonds is 7. The lowest BCUT2D eigenvalue weighted by molar-refractivity contribution is 0.0553. The first kappa shape index (κ1) is 19.0. The molecule has 1 fully saturated rings. The highest BCUT2D eigenvalue weighted by molar-refractivity contribution is 7.14. The quantitative estimate of drug-likeness (QED) is 0.730. The van der Waals surface area contributed by atoms with Gasteiger partial charge in [0.25, 0.3) is 5.91 Å². The highest BCUT2D eigenvalue weighted by Crippen LogP contribution is 2.27. The molecule has 1 aromatic carbocycles. The predicted octanol–water partition coefficient (Wildman–Crippen LogP) is 4.19. The summed E-state index contributed by atoms with van der Waals surface area (Å²) in [5, 5.41) is 10.5. The molecular weight excluding hydrogens is 346 g/mol. The summed E-state index contributed by atoms with van der Waals surface area (Å²) in [6.07, 6.45) is 6.23. The normalized spacial score (nSPS) is 17.5. The number of aryl methyl sites for hydroxylation is 1. The Hall–Kier alpha value is -1.79. The molecule has 0 saturated carbocycles. The van der Waals surface area contributed by atoms with E-state index in [1.807, 2.05) is 29.2 Å². The Balaban J connectivity index is 1.78. The summed E-state index contributed by atoms with van der Waals surface area (Å²) < 4.78 is 5.23. The van der Waals surface area contributed by atoms with Crippen LogP contribution in [-0.2, 0) is 11.2 Å². The van der Waals surface area contributed by atoms with Crippen molar-refractivity contribution in [2.75, 3.05) is 20.3 Å². The van der Waals surface area contributed by atoms with Crippen molar-refractivity contribution in [1.82, 2.24) is 15.1 Å². The van der Waals surface area contributed by atoms with Gasteiger partial charge in [-0.05, 0) is 44.2 Å².